The van der Waals surface area contributed by atoms with Gasteiger partial charge < -0.3 is 14.5 Å². The topological polar surface area (TPSA) is 86.4 Å². The van der Waals surface area contributed by atoms with Crippen LogP contribution >= 0.6 is 22.9 Å². The molecular formula is C17H16ClN3O4S. The molecule has 0 fully saturated rings. The molecule has 1 N–H and O–H groups in total. The van der Waals surface area contributed by atoms with Crippen molar-refractivity contribution in [2.24, 2.45) is 0 Å². The average molecular weight is 394 g/mol. The summed E-state index contributed by atoms with van der Waals surface area (Å²) in [6.07, 6.45) is 0.122. The second-order valence-electron chi connectivity index (χ2n) is 5.28. The number of hydrogen-bond donors (Lipinski definition) is 1. The van der Waals surface area contributed by atoms with Gasteiger partial charge in [0.1, 0.15) is 12.4 Å². The van der Waals surface area contributed by atoms with Crippen molar-refractivity contribution in [3.05, 3.63) is 57.4 Å². The van der Waals surface area contributed by atoms with Gasteiger partial charge in [0, 0.05) is 11.4 Å². The summed E-state index contributed by atoms with van der Waals surface area (Å²) in [5.41, 5.74) is 0. The average Bonchev–Trinajstić information content (AvgIpc) is 3.28. The van der Waals surface area contributed by atoms with Crippen molar-refractivity contribution < 1.29 is 13.9 Å². The molecule has 0 radical (unpaired) electrons. The fourth-order valence-corrected chi connectivity index (χ4v) is 2.90. The molecule has 1 amide bonds. The number of amides is 1. The van der Waals surface area contributed by atoms with E-state index in [9.17, 15) is 9.59 Å². The Morgan fingerprint density at radius 3 is 2.85 bits per heavy atom. The van der Waals surface area contributed by atoms with E-state index in [0.717, 1.165) is 9.56 Å². The van der Waals surface area contributed by atoms with E-state index in [1.807, 2.05) is 17.5 Å². The summed E-state index contributed by atoms with van der Waals surface area (Å²) in [4.78, 5) is 24.4. The zero-order valence-electron chi connectivity index (χ0n) is 13.7. The number of aromatic nitrogens is 2. The lowest BCUT2D eigenvalue weighted by molar-refractivity contribution is -0.121. The summed E-state index contributed by atoms with van der Waals surface area (Å²) in [6, 6.07) is 10.6. The number of hydrogen-bond acceptors (Lipinski definition) is 6. The molecule has 0 unspecified atom stereocenters. The standard InChI is InChI=1S/C17H16ClN3O4S/c18-12-3-5-13(6-4-12)24-10-8-19-15(22)7-9-21-17(23)25-16(20-21)14-2-1-11-26-14/h1-6,11H,7-10H2,(H,19,22). The molecule has 9 heteroatoms. The van der Waals surface area contributed by atoms with Gasteiger partial charge in [0.05, 0.1) is 18.0 Å². The summed E-state index contributed by atoms with van der Waals surface area (Å²) in [7, 11) is 0. The van der Waals surface area contributed by atoms with Crippen LogP contribution in [0.25, 0.3) is 10.8 Å². The molecular weight excluding hydrogens is 378 g/mol. The van der Waals surface area contributed by atoms with Gasteiger partial charge in [-0.1, -0.05) is 17.7 Å². The monoisotopic (exact) mass is 393 g/mol. The van der Waals surface area contributed by atoms with Gasteiger partial charge in [-0.15, -0.1) is 16.4 Å². The number of nitrogens with zero attached hydrogens (tertiary/aromatic N) is 2. The number of rotatable bonds is 8. The summed E-state index contributed by atoms with van der Waals surface area (Å²) in [6.45, 7) is 0.840. The summed E-state index contributed by atoms with van der Waals surface area (Å²) < 4.78 is 11.7. The van der Waals surface area contributed by atoms with Gasteiger partial charge in [0.25, 0.3) is 5.89 Å². The molecule has 0 bridgehead atoms. The van der Waals surface area contributed by atoms with Gasteiger partial charge in [-0.2, -0.15) is 4.68 Å². The van der Waals surface area contributed by atoms with E-state index in [2.05, 4.69) is 10.4 Å². The van der Waals surface area contributed by atoms with Crippen molar-refractivity contribution in [1.82, 2.24) is 15.1 Å². The summed E-state index contributed by atoms with van der Waals surface area (Å²) in [5, 5.41) is 9.33. The quantitative estimate of drug-likeness (QED) is 0.595. The predicted molar refractivity (Wildman–Crippen MR) is 98.6 cm³/mol. The number of ether oxygens (including phenoxy) is 1. The highest BCUT2D eigenvalue weighted by atomic mass is 35.5. The Balaban J connectivity index is 1.40. The first-order valence-electron chi connectivity index (χ1n) is 7.89. The minimum atomic E-state index is -0.577. The van der Waals surface area contributed by atoms with Crippen LogP contribution in [-0.4, -0.2) is 28.8 Å². The van der Waals surface area contributed by atoms with Crippen molar-refractivity contribution in [3.63, 3.8) is 0 Å². The molecule has 7 nitrogen and oxygen atoms in total. The second kappa shape index (κ2) is 8.68. The second-order valence-corrected chi connectivity index (χ2v) is 6.66. The Labute approximate surface area is 158 Å². The number of carbonyl (C=O) groups is 1. The van der Waals surface area contributed by atoms with Crippen LogP contribution < -0.4 is 15.8 Å². The molecule has 0 atom stereocenters. The van der Waals surface area contributed by atoms with Crippen molar-refractivity contribution in [2.75, 3.05) is 13.2 Å². The zero-order valence-corrected chi connectivity index (χ0v) is 15.3. The molecule has 0 aliphatic heterocycles. The van der Waals surface area contributed by atoms with Crippen LogP contribution in [0.5, 0.6) is 5.75 Å². The molecule has 0 spiro atoms. The van der Waals surface area contributed by atoms with Crippen molar-refractivity contribution in [1.29, 1.82) is 0 Å². The van der Waals surface area contributed by atoms with Gasteiger partial charge in [-0.25, -0.2) is 4.79 Å². The maximum absolute atomic E-state index is 11.9. The minimum absolute atomic E-state index is 0.122. The third-order valence-corrected chi connectivity index (χ3v) is 4.51. The highest BCUT2D eigenvalue weighted by Gasteiger charge is 2.12. The maximum atomic E-state index is 11.9. The lowest BCUT2D eigenvalue weighted by atomic mass is 10.3. The molecule has 1 aromatic carbocycles. The largest absolute Gasteiger partial charge is 0.492 e. The fourth-order valence-electron chi connectivity index (χ4n) is 2.13. The highest BCUT2D eigenvalue weighted by molar-refractivity contribution is 7.13. The van der Waals surface area contributed by atoms with Gasteiger partial charge in [0.2, 0.25) is 5.91 Å². The van der Waals surface area contributed by atoms with Gasteiger partial charge in [-0.3, -0.25) is 4.79 Å². The smallest absolute Gasteiger partial charge is 0.437 e. The van der Waals surface area contributed by atoms with E-state index in [-0.39, 0.29) is 24.8 Å². The number of nitrogens with one attached hydrogen (secondary N) is 1. The first-order chi connectivity index (χ1) is 12.6. The third-order valence-electron chi connectivity index (χ3n) is 3.40. The summed E-state index contributed by atoms with van der Waals surface area (Å²) >= 11 is 7.22. The van der Waals surface area contributed by atoms with E-state index in [4.69, 9.17) is 20.8 Å². The molecule has 3 rings (SSSR count). The molecule has 2 heterocycles. The molecule has 0 saturated heterocycles. The maximum Gasteiger partial charge on any atom is 0.437 e. The van der Waals surface area contributed by atoms with Crippen LogP contribution in [0.2, 0.25) is 5.02 Å². The molecule has 0 aliphatic carbocycles. The Hall–Kier alpha value is -2.58. The Morgan fingerprint density at radius 1 is 1.31 bits per heavy atom. The van der Waals surface area contributed by atoms with Crippen molar-refractivity contribution >= 4 is 28.8 Å². The summed E-state index contributed by atoms with van der Waals surface area (Å²) in [5.74, 6) is 0.172. The SMILES string of the molecule is O=C(CCn1nc(-c2cccs2)oc1=O)NCCOc1ccc(Cl)cc1. The van der Waals surface area contributed by atoms with Crippen LogP contribution in [0.1, 0.15) is 6.42 Å². The van der Waals surface area contributed by atoms with Gasteiger partial charge in [-0.05, 0) is 35.7 Å². The van der Waals surface area contributed by atoms with E-state index < -0.39 is 5.76 Å². The number of halogens is 1. The minimum Gasteiger partial charge on any atom is -0.492 e. The van der Waals surface area contributed by atoms with Crippen LogP contribution in [0.4, 0.5) is 0 Å². The Bertz CT molecular complexity index is 903. The number of aryl methyl sites for hydroxylation is 1. The Morgan fingerprint density at radius 2 is 2.12 bits per heavy atom. The van der Waals surface area contributed by atoms with Crippen LogP contribution in [0.15, 0.2) is 51.0 Å². The molecule has 0 aliphatic rings. The molecule has 0 saturated carbocycles. The van der Waals surface area contributed by atoms with Crippen molar-refractivity contribution in [2.45, 2.75) is 13.0 Å². The van der Waals surface area contributed by atoms with Crippen LogP contribution in [-0.2, 0) is 11.3 Å². The third kappa shape index (κ3) is 4.96. The lowest BCUT2D eigenvalue weighted by Crippen LogP contribution is -2.30. The normalized spacial score (nSPS) is 10.7. The van der Waals surface area contributed by atoms with Gasteiger partial charge >= 0.3 is 5.76 Å². The number of carbonyl (C=O) groups excluding carboxylic acids is 1. The first-order valence-corrected chi connectivity index (χ1v) is 9.14. The van der Waals surface area contributed by atoms with Gasteiger partial charge in [0.15, 0.2) is 0 Å². The molecule has 3 aromatic rings. The lowest BCUT2D eigenvalue weighted by Gasteiger charge is -2.07. The predicted octanol–water partition coefficient (Wildman–Crippen LogP) is 2.80. The Kier molecular flexibility index (Phi) is 6.08. The van der Waals surface area contributed by atoms with Crippen LogP contribution in [0.3, 0.4) is 0 Å². The number of thiophene rings is 1. The van der Waals surface area contributed by atoms with E-state index >= 15 is 0 Å². The first kappa shape index (κ1) is 18.2. The molecule has 2 aromatic heterocycles. The number of benzene rings is 1. The molecule has 26 heavy (non-hydrogen) atoms. The van der Waals surface area contributed by atoms with Crippen molar-refractivity contribution in [3.8, 4) is 16.5 Å². The van der Waals surface area contributed by atoms with E-state index in [0.29, 0.717) is 23.9 Å². The van der Waals surface area contributed by atoms with Crippen LogP contribution in [0, 0.1) is 0 Å². The van der Waals surface area contributed by atoms with E-state index in [1.165, 1.54) is 11.3 Å². The van der Waals surface area contributed by atoms with E-state index in [1.54, 1.807) is 24.3 Å². The fraction of sp³-hybridized carbons (Fsp3) is 0.235. The highest BCUT2D eigenvalue weighted by Crippen LogP contribution is 2.21. The zero-order chi connectivity index (χ0) is 18.4. The molecule has 136 valence electrons.